The molecule has 1 aromatic heterocycles. The highest BCUT2D eigenvalue weighted by molar-refractivity contribution is 5.94. The number of carbonyl (C=O) groups is 2. The average Bonchev–Trinajstić information content (AvgIpc) is 3.24. The molecule has 0 unspecified atom stereocenters. The van der Waals surface area contributed by atoms with Gasteiger partial charge in [0, 0.05) is 24.8 Å². The fraction of sp³-hybridized carbons (Fsp3) is 0.320. The van der Waals surface area contributed by atoms with Crippen LogP contribution in [0.2, 0.25) is 0 Å². The van der Waals surface area contributed by atoms with Crippen molar-refractivity contribution in [2.24, 2.45) is 0 Å². The summed E-state index contributed by atoms with van der Waals surface area (Å²) in [5.74, 6) is -0.264. The Bertz CT molecular complexity index is 1030. The van der Waals surface area contributed by atoms with Crippen LogP contribution in [-0.4, -0.2) is 40.2 Å². The molecule has 0 bridgehead atoms. The van der Waals surface area contributed by atoms with E-state index in [1.165, 1.54) is 0 Å². The number of aromatic nitrogens is 2. The summed E-state index contributed by atoms with van der Waals surface area (Å²) in [5.41, 5.74) is 3.71. The van der Waals surface area contributed by atoms with Crippen LogP contribution in [0.1, 0.15) is 65.2 Å². The van der Waals surface area contributed by atoms with Crippen LogP contribution in [0.25, 0.3) is 5.69 Å². The van der Waals surface area contributed by atoms with E-state index >= 15 is 0 Å². The Morgan fingerprint density at radius 3 is 2.35 bits per heavy atom. The number of hydrogen-bond donors (Lipinski definition) is 0. The van der Waals surface area contributed by atoms with E-state index in [4.69, 9.17) is 4.74 Å². The van der Waals surface area contributed by atoms with Crippen molar-refractivity contribution in [2.75, 3.05) is 13.7 Å². The number of nitrogens with zero attached hydrogens (tertiary/aromatic N) is 3. The van der Waals surface area contributed by atoms with E-state index in [-0.39, 0.29) is 11.8 Å². The first-order chi connectivity index (χ1) is 14.9. The molecule has 0 radical (unpaired) electrons. The van der Waals surface area contributed by atoms with Gasteiger partial charge in [0.1, 0.15) is 0 Å². The van der Waals surface area contributed by atoms with Gasteiger partial charge in [-0.05, 0) is 55.2 Å². The summed E-state index contributed by atoms with van der Waals surface area (Å²) in [5, 5.41) is 4.48. The van der Waals surface area contributed by atoms with Crippen molar-refractivity contribution < 1.29 is 14.3 Å². The summed E-state index contributed by atoms with van der Waals surface area (Å²) < 4.78 is 6.87. The number of hydrogen-bond acceptors (Lipinski definition) is 4. The first kappa shape index (κ1) is 22.3. The molecule has 6 heteroatoms. The highest BCUT2D eigenvalue weighted by atomic mass is 16.5. The lowest BCUT2D eigenvalue weighted by atomic mass is 10.0. The van der Waals surface area contributed by atoms with Gasteiger partial charge in [-0.25, -0.2) is 9.48 Å². The monoisotopic (exact) mass is 419 g/mol. The number of ether oxygens (including phenoxy) is 1. The molecule has 0 saturated heterocycles. The van der Waals surface area contributed by atoms with Crippen LogP contribution in [0.3, 0.4) is 0 Å². The smallest absolute Gasteiger partial charge is 0.358 e. The zero-order chi connectivity index (χ0) is 22.4. The van der Waals surface area contributed by atoms with Crippen LogP contribution in [-0.2, 0) is 11.3 Å². The largest absolute Gasteiger partial charge is 0.461 e. The summed E-state index contributed by atoms with van der Waals surface area (Å²) in [6, 6.07) is 19.0. The molecular formula is C25H29N3O3. The normalized spacial score (nSPS) is 11.7. The van der Waals surface area contributed by atoms with E-state index in [1.54, 1.807) is 41.8 Å². The van der Waals surface area contributed by atoms with Gasteiger partial charge in [-0.3, -0.25) is 4.79 Å². The minimum Gasteiger partial charge on any atom is -0.461 e. The van der Waals surface area contributed by atoms with Gasteiger partial charge in [0.2, 0.25) is 0 Å². The molecule has 3 rings (SSSR count). The van der Waals surface area contributed by atoms with Crippen molar-refractivity contribution >= 4 is 11.9 Å². The maximum atomic E-state index is 12.8. The fourth-order valence-electron chi connectivity index (χ4n) is 3.36. The second kappa shape index (κ2) is 10.1. The second-order valence-electron chi connectivity index (χ2n) is 7.59. The highest BCUT2D eigenvalue weighted by Gasteiger charge is 2.20. The zero-order valence-electron chi connectivity index (χ0n) is 18.5. The second-order valence-corrected chi connectivity index (χ2v) is 7.59. The molecule has 0 N–H and O–H groups in total. The molecule has 0 saturated carbocycles. The van der Waals surface area contributed by atoms with Crippen molar-refractivity contribution in [3.8, 4) is 5.69 Å². The average molecular weight is 420 g/mol. The topological polar surface area (TPSA) is 64.4 Å². The van der Waals surface area contributed by atoms with Gasteiger partial charge in [0.25, 0.3) is 5.91 Å². The van der Waals surface area contributed by atoms with Crippen LogP contribution in [0, 0.1) is 0 Å². The molecule has 162 valence electrons. The van der Waals surface area contributed by atoms with Crippen molar-refractivity contribution in [1.29, 1.82) is 0 Å². The zero-order valence-corrected chi connectivity index (χ0v) is 18.5. The SMILES string of the molecule is CCOC(=O)c1cc([C@@H](C)CC)n(-c2ccc(C(=O)N(C)Cc3ccccc3)cc2)n1. The quantitative estimate of drug-likeness (QED) is 0.490. The Hall–Kier alpha value is -3.41. The van der Waals surface area contributed by atoms with Gasteiger partial charge in [-0.15, -0.1) is 0 Å². The number of esters is 1. The van der Waals surface area contributed by atoms with Crippen LogP contribution in [0.15, 0.2) is 60.7 Å². The standard InChI is InChI=1S/C25H29N3O3/c1-5-18(3)23-16-22(25(30)31-6-2)26-28(23)21-14-12-20(13-15-21)24(29)27(4)17-19-10-8-7-9-11-19/h7-16,18H,5-6,17H2,1-4H3/t18-/m0/s1. The fourth-order valence-corrected chi connectivity index (χ4v) is 3.36. The lowest BCUT2D eigenvalue weighted by Gasteiger charge is -2.18. The van der Waals surface area contributed by atoms with Gasteiger partial charge in [0.05, 0.1) is 12.3 Å². The molecule has 3 aromatic rings. The lowest BCUT2D eigenvalue weighted by molar-refractivity contribution is 0.0518. The molecule has 0 spiro atoms. The number of amides is 1. The summed E-state index contributed by atoms with van der Waals surface area (Å²) >= 11 is 0. The minimum absolute atomic E-state index is 0.0507. The van der Waals surface area contributed by atoms with Gasteiger partial charge in [0.15, 0.2) is 5.69 Å². The van der Waals surface area contributed by atoms with E-state index in [0.29, 0.717) is 24.4 Å². The van der Waals surface area contributed by atoms with E-state index in [0.717, 1.165) is 23.4 Å². The lowest BCUT2D eigenvalue weighted by Crippen LogP contribution is -2.26. The Labute approximate surface area is 183 Å². The van der Waals surface area contributed by atoms with Crippen molar-refractivity contribution in [2.45, 2.75) is 39.7 Å². The molecule has 2 aromatic carbocycles. The number of rotatable bonds is 8. The van der Waals surface area contributed by atoms with E-state index in [9.17, 15) is 9.59 Å². The molecule has 0 fully saturated rings. The Kier molecular flexibility index (Phi) is 7.23. The van der Waals surface area contributed by atoms with E-state index < -0.39 is 5.97 Å². The molecule has 31 heavy (non-hydrogen) atoms. The van der Waals surface area contributed by atoms with Gasteiger partial charge >= 0.3 is 5.97 Å². The Morgan fingerprint density at radius 1 is 1.06 bits per heavy atom. The van der Waals surface area contributed by atoms with Gasteiger partial charge in [-0.1, -0.05) is 44.2 Å². The van der Waals surface area contributed by atoms with Gasteiger partial charge < -0.3 is 9.64 Å². The maximum absolute atomic E-state index is 12.8. The molecular weight excluding hydrogens is 390 g/mol. The number of carbonyl (C=O) groups excluding carboxylic acids is 2. The molecule has 1 amide bonds. The maximum Gasteiger partial charge on any atom is 0.358 e. The molecule has 6 nitrogen and oxygen atoms in total. The molecule has 0 aliphatic heterocycles. The summed E-state index contributed by atoms with van der Waals surface area (Å²) in [6.45, 7) is 6.81. The molecule has 1 heterocycles. The number of benzene rings is 2. The van der Waals surface area contributed by atoms with Crippen molar-refractivity contribution in [3.63, 3.8) is 0 Å². The third-order valence-electron chi connectivity index (χ3n) is 5.31. The summed E-state index contributed by atoms with van der Waals surface area (Å²) in [6.07, 6.45) is 0.912. The summed E-state index contributed by atoms with van der Waals surface area (Å²) in [4.78, 5) is 26.7. The molecule has 1 atom stereocenters. The van der Waals surface area contributed by atoms with Crippen LogP contribution in [0.4, 0.5) is 0 Å². The third kappa shape index (κ3) is 5.20. The van der Waals surface area contributed by atoms with Crippen molar-refractivity contribution in [1.82, 2.24) is 14.7 Å². The van der Waals surface area contributed by atoms with Crippen LogP contribution >= 0.6 is 0 Å². The Balaban J connectivity index is 1.83. The first-order valence-corrected chi connectivity index (χ1v) is 10.6. The minimum atomic E-state index is -0.430. The predicted molar refractivity (Wildman–Crippen MR) is 120 cm³/mol. The Morgan fingerprint density at radius 2 is 1.74 bits per heavy atom. The van der Waals surface area contributed by atoms with E-state index in [2.05, 4.69) is 18.9 Å². The van der Waals surface area contributed by atoms with Gasteiger partial charge in [-0.2, -0.15) is 5.10 Å². The van der Waals surface area contributed by atoms with Crippen LogP contribution < -0.4 is 0 Å². The third-order valence-corrected chi connectivity index (χ3v) is 5.31. The molecule has 0 aliphatic rings. The first-order valence-electron chi connectivity index (χ1n) is 10.6. The van der Waals surface area contributed by atoms with E-state index in [1.807, 2.05) is 42.5 Å². The predicted octanol–water partition coefficient (Wildman–Crippen LogP) is 4.83. The van der Waals surface area contributed by atoms with Crippen molar-refractivity contribution in [3.05, 3.63) is 83.2 Å². The molecule has 0 aliphatic carbocycles. The summed E-state index contributed by atoms with van der Waals surface area (Å²) in [7, 11) is 1.80. The van der Waals surface area contributed by atoms with Crippen LogP contribution in [0.5, 0.6) is 0 Å². The highest BCUT2D eigenvalue weighted by Crippen LogP contribution is 2.24.